The molecule has 1 N–H and O–H groups in total. The second kappa shape index (κ2) is 5.75. The molecule has 0 atom stereocenters. The molecule has 0 aliphatic carbocycles. The van der Waals surface area contributed by atoms with Gasteiger partial charge < -0.3 is 5.32 Å². The highest BCUT2D eigenvalue weighted by molar-refractivity contribution is 5.41. The lowest BCUT2D eigenvalue weighted by Gasteiger charge is -2.06. The number of halogens is 1. The van der Waals surface area contributed by atoms with E-state index in [0.717, 1.165) is 12.3 Å². The Morgan fingerprint density at radius 1 is 1.40 bits per heavy atom. The van der Waals surface area contributed by atoms with Crippen LogP contribution in [0.4, 0.5) is 15.9 Å². The van der Waals surface area contributed by atoms with Crippen molar-refractivity contribution in [2.45, 2.75) is 6.54 Å². The summed E-state index contributed by atoms with van der Waals surface area (Å²) in [5.74, 6) is -0.0854. The topological polar surface area (TPSA) is 91.8 Å². The number of nitrogens with zero attached hydrogens (tertiary/aromatic N) is 3. The third-order valence-electron chi connectivity index (χ3n) is 2.60. The SMILES string of the molecule is N#Cc1ccc(CNc2ccc([N+](=O)[O-])cn2)c(F)c1. The van der Waals surface area contributed by atoms with Crippen LogP contribution in [0.2, 0.25) is 0 Å². The van der Waals surface area contributed by atoms with Crippen LogP contribution >= 0.6 is 0 Å². The Kier molecular flexibility index (Phi) is 3.86. The summed E-state index contributed by atoms with van der Waals surface area (Å²) in [5, 5.41) is 21.9. The van der Waals surface area contributed by atoms with Crippen molar-refractivity contribution in [1.82, 2.24) is 4.98 Å². The number of nitrogens with one attached hydrogen (secondary N) is 1. The van der Waals surface area contributed by atoms with E-state index in [9.17, 15) is 14.5 Å². The van der Waals surface area contributed by atoms with E-state index in [2.05, 4.69) is 10.3 Å². The maximum absolute atomic E-state index is 13.6. The molecule has 0 bridgehead atoms. The fourth-order valence-electron chi connectivity index (χ4n) is 1.54. The third kappa shape index (κ3) is 3.05. The third-order valence-corrected chi connectivity index (χ3v) is 2.60. The van der Waals surface area contributed by atoms with E-state index in [1.165, 1.54) is 24.3 Å². The molecule has 1 aromatic heterocycles. The molecule has 0 radical (unpaired) electrons. The number of hydrogen-bond acceptors (Lipinski definition) is 5. The van der Waals surface area contributed by atoms with Gasteiger partial charge >= 0.3 is 0 Å². The number of benzene rings is 1. The van der Waals surface area contributed by atoms with E-state index in [-0.39, 0.29) is 17.8 Å². The van der Waals surface area contributed by atoms with E-state index in [4.69, 9.17) is 5.26 Å². The average molecular weight is 272 g/mol. The van der Waals surface area contributed by atoms with Gasteiger partial charge in [0.15, 0.2) is 0 Å². The molecule has 6 nitrogen and oxygen atoms in total. The van der Waals surface area contributed by atoms with Crippen molar-refractivity contribution in [3.63, 3.8) is 0 Å². The molecule has 0 aliphatic heterocycles. The van der Waals surface area contributed by atoms with Gasteiger partial charge in [-0.05, 0) is 18.2 Å². The molecule has 7 heteroatoms. The summed E-state index contributed by atoms with van der Waals surface area (Å²) < 4.78 is 13.6. The lowest BCUT2D eigenvalue weighted by atomic mass is 10.1. The normalized spacial score (nSPS) is 9.80. The Hall–Kier alpha value is -3.01. The summed E-state index contributed by atoms with van der Waals surface area (Å²) in [6.07, 6.45) is 1.12. The van der Waals surface area contributed by atoms with Crippen LogP contribution in [0.15, 0.2) is 36.5 Å². The second-order valence-electron chi connectivity index (χ2n) is 3.93. The standard InChI is InChI=1S/C13H9FN4O2/c14-12-5-9(6-15)1-2-10(12)7-16-13-4-3-11(8-17-13)18(19)20/h1-5,8H,7H2,(H,16,17). The summed E-state index contributed by atoms with van der Waals surface area (Å²) in [7, 11) is 0. The number of anilines is 1. The van der Waals surface area contributed by atoms with Crippen LogP contribution in [0.5, 0.6) is 0 Å². The highest BCUT2D eigenvalue weighted by Crippen LogP contribution is 2.14. The zero-order chi connectivity index (χ0) is 14.5. The summed E-state index contributed by atoms with van der Waals surface area (Å²) in [6.45, 7) is 0.169. The van der Waals surface area contributed by atoms with Gasteiger partial charge in [-0.1, -0.05) is 6.07 Å². The Bertz CT molecular complexity index is 680. The Morgan fingerprint density at radius 2 is 2.20 bits per heavy atom. The van der Waals surface area contributed by atoms with Crippen LogP contribution in [0.1, 0.15) is 11.1 Å². The number of rotatable bonds is 4. The minimum atomic E-state index is -0.545. The molecule has 0 aliphatic rings. The first-order valence-electron chi connectivity index (χ1n) is 5.63. The van der Waals surface area contributed by atoms with E-state index in [1.807, 2.05) is 6.07 Å². The summed E-state index contributed by atoms with van der Waals surface area (Å²) in [6, 6.07) is 8.78. The minimum absolute atomic E-state index is 0.111. The summed E-state index contributed by atoms with van der Waals surface area (Å²) in [4.78, 5) is 13.8. The lowest BCUT2D eigenvalue weighted by molar-refractivity contribution is -0.385. The maximum atomic E-state index is 13.6. The van der Waals surface area contributed by atoms with Gasteiger partial charge in [-0.25, -0.2) is 9.37 Å². The highest BCUT2D eigenvalue weighted by Gasteiger charge is 2.06. The van der Waals surface area contributed by atoms with Gasteiger partial charge in [0.1, 0.15) is 17.8 Å². The van der Waals surface area contributed by atoms with Crippen molar-refractivity contribution in [3.05, 3.63) is 63.6 Å². The fourth-order valence-corrected chi connectivity index (χ4v) is 1.54. The molecule has 0 saturated heterocycles. The Labute approximate surface area is 113 Å². The molecule has 0 fully saturated rings. The van der Waals surface area contributed by atoms with Crippen LogP contribution in [0.3, 0.4) is 0 Å². The molecular weight excluding hydrogens is 263 g/mol. The van der Waals surface area contributed by atoms with Crippen LogP contribution < -0.4 is 5.32 Å². The zero-order valence-electron chi connectivity index (χ0n) is 10.2. The van der Waals surface area contributed by atoms with Gasteiger partial charge in [0.2, 0.25) is 0 Å². The molecule has 2 rings (SSSR count). The van der Waals surface area contributed by atoms with Gasteiger partial charge in [-0.2, -0.15) is 5.26 Å². The van der Waals surface area contributed by atoms with Crippen molar-refractivity contribution in [1.29, 1.82) is 5.26 Å². The van der Waals surface area contributed by atoms with Gasteiger partial charge in [0, 0.05) is 18.2 Å². The first kappa shape index (κ1) is 13.4. The molecule has 1 heterocycles. The predicted octanol–water partition coefficient (Wildman–Crippen LogP) is 2.61. The van der Waals surface area contributed by atoms with E-state index in [1.54, 1.807) is 0 Å². The average Bonchev–Trinajstić information content (AvgIpc) is 2.46. The van der Waals surface area contributed by atoms with Gasteiger partial charge in [-0.15, -0.1) is 0 Å². The number of aromatic nitrogens is 1. The van der Waals surface area contributed by atoms with E-state index >= 15 is 0 Å². The first-order chi connectivity index (χ1) is 9.60. The smallest absolute Gasteiger partial charge is 0.287 e. The van der Waals surface area contributed by atoms with Crippen LogP contribution in [0.25, 0.3) is 0 Å². The molecule has 0 amide bonds. The quantitative estimate of drug-likeness (QED) is 0.682. The lowest BCUT2D eigenvalue weighted by Crippen LogP contribution is -2.03. The van der Waals surface area contributed by atoms with E-state index < -0.39 is 10.7 Å². The van der Waals surface area contributed by atoms with Crippen molar-refractivity contribution >= 4 is 11.5 Å². The maximum Gasteiger partial charge on any atom is 0.287 e. The van der Waals surface area contributed by atoms with Crippen molar-refractivity contribution in [3.8, 4) is 6.07 Å². The van der Waals surface area contributed by atoms with Gasteiger partial charge in [-0.3, -0.25) is 10.1 Å². The molecular formula is C13H9FN4O2. The van der Waals surface area contributed by atoms with Crippen molar-refractivity contribution < 1.29 is 9.31 Å². The van der Waals surface area contributed by atoms with Gasteiger partial charge in [0.05, 0.1) is 16.6 Å². The van der Waals surface area contributed by atoms with Crippen molar-refractivity contribution in [2.24, 2.45) is 0 Å². The molecule has 2 aromatic rings. The second-order valence-corrected chi connectivity index (χ2v) is 3.93. The monoisotopic (exact) mass is 272 g/mol. The Balaban J connectivity index is 2.05. The zero-order valence-corrected chi connectivity index (χ0v) is 10.2. The molecule has 20 heavy (non-hydrogen) atoms. The van der Waals surface area contributed by atoms with Crippen LogP contribution in [-0.2, 0) is 6.54 Å². The molecule has 0 unspecified atom stereocenters. The first-order valence-corrected chi connectivity index (χ1v) is 5.63. The number of nitriles is 1. The summed E-state index contributed by atoms with van der Waals surface area (Å²) in [5.41, 5.74) is 0.518. The minimum Gasteiger partial charge on any atom is -0.366 e. The molecule has 0 spiro atoms. The number of pyridine rings is 1. The van der Waals surface area contributed by atoms with Crippen molar-refractivity contribution in [2.75, 3.05) is 5.32 Å². The van der Waals surface area contributed by atoms with Gasteiger partial charge in [0.25, 0.3) is 5.69 Å². The molecule has 1 aromatic carbocycles. The predicted molar refractivity (Wildman–Crippen MR) is 69.3 cm³/mol. The molecule has 100 valence electrons. The van der Waals surface area contributed by atoms with Crippen LogP contribution in [-0.4, -0.2) is 9.91 Å². The van der Waals surface area contributed by atoms with Crippen LogP contribution in [0, 0.1) is 27.3 Å². The largest absolute Gasteiger partial charge is 0.366 e. The Morgan fingerprint density at radius 3 is 2.75 bits per heavy atom. The number of hydrogen-bond donors (Lipinski definition) is 1. The fraction of sp³-hybridized carbons (Fsp3) is 0.0769. The summed E-state index contributed by atoms with van der Waals surface area (Å²) >= 11 is 0. The molecule has 0 saturated carbocycles. The number of nitro groups is 1. The van der Waals surface area contributed by atoms with E-state index in [0.29, 0.717) is 11.4 Å². The highest BCUT2D eigenvalue weighted by atomic mass is 19.1.